The molecular weight excluding hydrogens is 574 g/mol. The van der Waals surface area contributed by atoms with Crippen LogP contribution in [0.15, 0.2) is 35.2 Å². The summed E-state index contributed by atoms with van der Waals surface area (Å²) in [7, 11) is -3.79. The fourth-order valence-electron chi connectivity index (χ4n) is 3.67. The maximum absolute atomic E-state index is 13.8. The molecule has 0 unspecified atom stereocenters. The van der Waals surface area contributed by atoms with Crippen molar-refractivity contribution in [2.75, 3.05) is 39.3 Å². The number of ether oxygens (including phenoxy) is 1. The minimum atomic E-state index is -3.79. The molecule has 1 aliphatic heterocycles. The molecule has 0 saturated carbocycles. The van der Waals surface area contributed by atoms with Gasteiger partial charge in [0.1, 0.15) is 12.6 Å². The van der Waals surface area contributed by atoms with Crippen molar-refractivity contribution in [1.82, 2.24) is 14.5 Å². The zero-order chi connectivity index (χ0) is 28.9. The Labute approximate surface area is 225 Å². The third kappa shape index (κ3) is 7.65. The van der Waals surface area contributed by atoms with E-state index in [1.165, 1.54) is 28.6 Å². The number of benzene rings is 2. The fourth-order valence-corrected chi connectivity index (χ4v) is 5.22. The average Bonchev–Trinajstić information content (AvgIpc) is 2.87. The molecule has 2 aromatic rings. The van der Waals surface area contributed by atoms with Crippen LogP contribution in [0.3, 0.4) is 0 Å². The van der Waals surface area contributed by atoms with Crippen LogP contribution in [0.2, 0.25) is 5.02 Å². The first-order chi connectivity index (χ1) is 18.3. The molecule has 0 spiro atoms. The predicted octanol–water partition coefficient (Wildman–Crippen LogP) is 1.81. The van der Waals surface area contributed by atoms with Gasteiger partial charge in [-0.25, -0.2) is 17.2 Å². The molecule has 16 heteroatoms. The topological polar surface area (TPSA) is 133 Å². The fraction of sp³-hybridized carbons (Fsp3) is 0.348. The van der Waals surface area contributed by atoms with Crippen molar-refractivity contribution in [3.8, 4) is 5.75 Å². The van der Waals surface area contributed by atoms with Gasteiger partial charge >= 0.3 is 5.97 Å². The van der Waals surface area contributed by atoms with E-state index in [0.717, 1.165) is 0 Å². The molecule has 3 rings (SSSR count). The Morgan fingerprint density at radius 3 is 2.10 bits per heavy atom. The molecule has 212 valence electrons. The van der Waals surface area contributed by atoms with Gasteiger partial charge in [0.25, 0.3) is 0 Å². The van der Waals surface area contributed by atoms with E-state index >= 15 is 0 Å². The molecule has 2 aromatic carbocycles. The first-order valence-corrected chi connectivity index (χ1v) is 13.1. The quantitative estimate of drug-likeness (QED) is 0.297. The monoisotopic (exact) mass is 595 g/mol. The average molecular weight is 596 g/mol. The number of nitrogens with one attached hydrogen (secondary N) is 1. The van der Waals surface area contributed by atoms with Crippen LogP contribution in [0.4, 0.5) is 17.6 Å². The van der Waals surface area contributed by atoms with Crippen molar-refractivity contribution in [2.45, 2.75) is 17.4 Å². The van der Waals surface area contributed by atoms with Crippen molar-refractivity contribution < 1.29 is 50.2 Å². The van der Waals surface area contributed by atoms with Gasteiger partial charge in [-0.3, -0.25) is 19.3 Å². The third-order valence-corrected chi connectivity index (χ3v) is 7.85. The molecule has 1 saturated heterocycles. The number of halogens is 5. The molecule has 0 bridgehead atoms. The van der Waals surface area contributed by atoms with E-state index in [9.17, 15) is 40.4 Å². The molecule has 39 heavy (non-hydrogen) atoms. The van der Waals surface area contributed by atoms with Crippen molar-refractivity contribution in [2.24, 2.45) is 0 Å². The maximum atomic E-state index is 13.8. The molecule has 2 N–H and O–H groups in total. The zero-order valence-electron chi connectivity index (χ0n) is 20.0. The van der Waals surface area contributed by atoms with Crippen molar-refractivity contribution in [1.29, 1.82) is 0 Å². The molecule has 0 aromatic heterocycles. The zero-order valence-corrected chi connectivity index (χ0v) is 21.6. The van der Waals surface area contributed by atoms with Gasteiger partial charge in [-0.05, 0) is 24.3 Å². The Hall–Kier alpha value is -3.27. The van der Waals surface area contributed by atoms with Crippen LogP contribution in [0.1, 0.15) is 6.42 Å². The largest absolute Gasteiger partial charge is 0.481 e. The number of carboxylic acids is 1. The number of Topliss-reactive ketones (excluding diaryl/α,β-unsaturated/α-hetero) is 1. The molecule has 1 amide bonds. The minimum Gasteiger partial charge on any atom is -0.481 e. The van der Waals surface area contributed by atoms with Gasteiger partial charge in [-0.1, -0.05) is 11.6 Å². The van der Waals surface area contributed by atoms with Gasteiger partial charge in [0.15, 0.2) is 23.2 Å². The number of hydrogen-bond donors (Lipinski definition) is 2. The molecule has 1 atom stereocenters. The number of nitrogens with zero attached hydrogens (tertiary/aromatic N) is 2. The van der Waals surface area contributed by atoms with E-state index in [-0.39, 0.29) is 43.7 Å². The van der Waals surface area contributed by atoms with Gasteiger partial charge in [0.05, 0.1) is 17.9 Å². The summed E-state index contributed by atoms with van der Waals surface area (Å²) in [5.41, 5.74) is 0. The van der Waals surface area contributed by atoms with Crippen molar-refractivity contribution >= 4 is 39.3 Å². The normalized spacial score (nSPS) is 15.5. The summed E-state index contributed by atoms with van der Waals surface area (Å²) in [5, 5.41) is 11.6. The van der Waals surface area contributed by atoms with E-state index in [1.807, 2.05) is 0 Å². The lowest BCUT2D eigenvalue weighted by atomic mass is 10.1. The van der Waals surface area contributed by atoms with Gasteiger partial charge in [0, 0.05) is 37.3 Å². The summed E-state index contributed by atoms with van der Waals surface area (Å²) in [6.45, 7) is -1.14. The molecule has 10 nitrogen and oxygen atoms in total. The number of amides is 1. The molecular formula is C23H22ClF4N3O7S. The summed E-state index contributed by atoms with van der Waals surface area (Å²) in [6, 6.07) is 3.88. The first-order valence-electron chi connectivity index (χ1n) is 11.3. The molecule has 0 radical (unpaired) electrons. The SMILES string of the molecule is O=C(O)C[C@H](NC(=O)CN1CCN(S(=O)(=O)c2ccc(Cl)cc2)CC1)C(=O)COc1c(F)c(F)cc(F)c1F. The second kappa shape index (κ2) is 12.7. The number of ketones is 1. The number of piperazine rings is 1. The summed E-state index contributed by atoms with van der Waals surface area (Å²) in [6.07, 6.45) is -0.913. The number of aliphatic carboxylic acids is 1. The Bertz CT molecular complexity index is 1330. The van der Waals surface area contributed by atoms with E-state index in [0.29, 0.717) is 5.02 Å². The van der Waals surface area contributed by atoms with Crippen LogP contribution in [-0.4, -0.2) is 85.8 Å². The van der Waals surface area contributed by atoms with E-state index in [1.54, 1.807) is 4.90 Å². The predicted molar refractivity (Wildman–Crippen MR) is 128 cm³/mol. The smallest absolute Gasteiger partial charge is 0.305 e. The number of carboxylic acid groups (broad SMARTS) is 1. The lowest BCUT2D eigenvalue weighted by Gasteiger charge is -2.33. The third-order valence-electron chi connectivity index (χ3n) is 5.68. The Morgan fingerprint density at radius 2 is 1.56 bits per heavy atom. The highest BCUT2D eigenvalue weighted by Gasteiger charge is 2.31. The number of hydrogen-bond acceptors (Lipinski definition) is 7. The second-order valence-electron chi connectivity index (χ2n) is 8.40. The number of carbonyl (C=O) groups excluding carboxylic acids is 2. The Balaban J connectivity index is 1.57. The first kappa shape index (κ1) is 30.3. The second-order valence-corrected chi connectivity index (χ2v) is 10.8. The van der Waals surface area contributed by atoms with E-state index in [4.69, 9.17) is 16.7 Å². The van der Waals surface area contributed by atoms with Crippen LogP contribution >= 0.6 is 11.6 Å². The standard InChI is InChI=1S/C23H22ClF4N3O7S/c24-13-1-3-14(4-2-13)39(36,37)31-7-5-30(6-8-31)11-19(33)29-17(10-20(34)35)18(32)12-38-23-21(27)15(25)9-16(26)22(23)28/h1-4,9,17H,5-8,10-12H2,(H,29,33)(H,34,35)/t17-/m0/s1. The number of sulfonamides is 1. The Kier molecular flexibility index (Phi) is 9.88. The van der Waals surface area contributed by atoms with Gasteiger partial charge < -0.3 is 15.2 Å². The number of rotatable bonds is 11. The summed E-state index contributed by atoms with van der Waals surface area (Å²) in [5.74, 6) is -12.3. The van der Waals surface area contributed by atoms with Crippen LogP contribution in [-0.2, 0) is 24.4 Å². The molecule has 1 heterocycles. The Morgan fingerprint density at radius 1 is 1.00 bits per heavy atom. The highest BCUT2D eigenvalue weighted by Crippen LogP contribution is 2.26. The van der Waals surface area contributed by atoms with Gasteiger partial charge in [-0.2, -0.15) is 13.1 Å². The highest BCUT2D eigenvalue weighted by molar-refractivity contribution is 7.89. The highest BCUT2D eigenvalue weighted by atomic mass is 35.5. The molecule has 0 aliphatic carbocycles. The molecule has 1 fully saturated rings. The van der Waals surface area contributed by atoms with Gasteiger partial charge in [-0.15, -0.1) is 0 Å². The van der Waals surface area contributed by atoms with Crippen LogP contribution in [0.25, 0.3) is 0 Å². The minimum absolute atomic E-state index is 0.0465. The summed E-state index contributed by atoms with van der Waals surface area (Å²) < 4.78 is 85.5. The van der Waals surface area contributed by atoms with Crippen LogP contribution in [0.5, 0.6) is 5.75 Å². The van der Waals surface area contributed by atoms with Gasteiger partial charge in [0.2, 0.25) is 27.6 Å². The number of carbonyl (C=O) groups is 3. The van der Waals surface area contributed by atoms with Crippen LogP contribution < -0.4 is 10.1 Å². The van der Waals surface area contributed by atoms with E-state index < -0.39 is 75.8 Å². The van der Waals surface area contributed by atoms with Crippen molar-refractivity contribution in [3.63, 3.8) is 0 Å². The summed E-state index contributed by atoms with van der Waals surface area (Å²) in [4.78, 5) is 37.8. The summed E-state index contributed by atoms with van der Waals surface area (Å²) >= 11 is 5.80. The van der Waals surface area contributed by atoms with E-state index in [2.05, 4.69) is 10.1 Å². The lowest BCUT2D eigenvalue weighted by Crippen LogP contribution is -2.53. The lowest BCUT2D eigenvalue weighted by molar-refractivity contribution is -0.140. The van der Waals surface area contributed by atoms with Crippen LogP contribution in [0, 0.1) is 23.3 Å². The molecule has 1 aliphatic rings. The van der Waals surface area contributed by atoms with Crippen molar-refractivity contribution in [3.05, 3.63) is 58.6 Å². The maximum Gasteiger partial charge on any atom is 0.305 e.